The molecule has 1 N–H and O–H groups in total. The molecule has 118 valence electrons. The third-order valence-corrected chi connectivity index (χ3v) is 4.70. The van der Waals surface area contributed by atoms with Gasteiger partial charge < -0.3 is 5.32 Å². The molecule has 0 fully saturated rings. The molecule has 0 atom stereocenters. The first-order valence-corrected chi connectivity index (χ1v) is 9.06. The van der Waals surface area contributed by atoms with Crippen molar-refractivity contribution in [2.45, 2.75) is 39.7 Å². The normalized spacial score (nSPS) is 11.5. The van der Waals surface area contributed by atoms with E-state index in [9.17, 15) is 13.2 Å². The maximum absolute atomic E-state index is 12.1. The highest BCUT2D eigenvalue weighted by Crippen LogP contribution is 2.18. The van der Waals surface area contributed by atoms with Gasteiger partial charge in [0.15, 0.2) is 0 Å². The lowest BCUT2D eigenvalue weighted by atomic mass is 10.1. The summed E-state index contributed by atoms with van der Waals surface area (Å²) in [7, 11) is -3.30. The number of benzene rings is 1. The molecule has 0 saturated heterocycles. The average Bonchev–Trinajstić information content (AvgIpc) is 2.44. The Kier molecular flexibility index (Phi) is 6.20. The van der Waals surface area contributed by atoms with Gasteiger partial charge in [0.2, 0.25) is 10.0 Å². The molecule has 21 heavy (non-hydrogen) atoms. The molecule has 1 aromatic carbocycles. The number of carbonyl (C=O) groups is 1. The second-order valence-corrected chi connectivity index (χ2v) is 6.87. The molecule has 1 amide bonds. The van der Waals surface area contributed by atoms with E-state index in [-0.39, 0.29) is 11.9 Å². The summed E-state index contributed by atoms with van der Waals surface area (Å²) in [6.07, 6.45) is 2.94. The molecule has 0 aliphatic rings. The lowest BCUT2D eigenvalue weighted by Gasteiger charge is -2.20. The van der Waals surface area contributed by atoms with E-state index in [4.69, 9.17) is 0 Å². The van der Waals surface area contributed by atoms with Crippen LogP contribution in [0.5, 0.6) is 0 Å². The van der Waals surface area contributed by atoms with Crippen LogP contribution < -0.4 is 9.62 Å². The number of amides is 1. The summed E-state index contributed by atoms with van der Waals surface area (Å²) < 4.78 is 24.6. The van der Waals surface area contributed by atoms with E-state index < -0.39 is 10.0 Å². The molecule has 0 spiro atoms. The second kappa shape index (κ2) is 7.45. The molecule has 5 nitrogen and oxygen atoms in total. The Morgan fingerprint density at radius 3 is 2.05 bits per heavy atom. The van der Waals surface area contributed by atoms with Crippen LogP contribution in [0.25, 0.3) is 0 Å². The van der Waals surface area contributed by atoms with Gasteiger partial charge in [0, 0.05) is 18.2 Å². The standard InChI is InChI=1S/C15H24N2O3S/c1-5-13(6-2)16-15(18)12-8-10-14(11-9-12)17(7-3)21(4,19)20/h8-11,13H,5-7H2,1-4H3,(H,16,18). The van der Waals surface area contributed by atoms with Gasteiger partial charge in [0.05, 0.1) is 11.9 Å². The van der Waals surface area contributed by atoms with Crippen molar-refractivity contribution >= 4 is 21.6 Å². The van der Waals surface area contributed by atoms with Crippen molar-refractivity contribution in [1.82, 2.24) is 5.32 Å². The lowest BCUT2D eigenvalue weighted by Crippen LogP contribution is -2.34. The van der Waals surface area contributed by atoms with Crippen molar-refractivity contribution in [2.75, 3.05) is 17.1 Å². The first kappa shape index (κ1) is 17.5. The number of sulfonamides is 1. The van der Waals surface area contributed by atoms with Crippen LogP contribution in [0.4, 0.5) is 5.69 Å². The largest absolute Gasteiger partial charge is 0.349 e. The smallest absolute Gasteiger partial charge is 0.251 e. The highest BCUT2D eigenvalue weighted by atomic mass is 32.2. The molecular formula is C15H24N2O3S. The van der Waals surface area contributed by atoms with Crippen LogP contribution in [0.1, 0.15) is 44.0 Å². The SMILES string of the molecule is CCC(CC)NC(=O)c1ccc(N(CC)S(C)(=O)=O)cc1. The van der Waals surface area contributed by atoms with Gasteiger partial charge in [-0.15, -0.1) is 0 Å². The molecule has 1 rings (SSSR count). The van der Waals surface area contributed by atoms with Gasteiger partial charge in [0.1, 0.15) is 0 Å². The number of nitrogens with one attached hydrogen (secondary N) is 1. The number of nitrogens with zero attached hydrogens (tertiary/aromatic N) is 1. The monoisotopic (exact) mass is 312 g/mol. The van der Waals surface area contributed by atoms with Crippen molar-refractivity contribution in [2.24, 2.45) is 0 Å². The van der Waals surface area contributed by atoms with Gasteiger partial charge in [-0.3, -0.25) is 9.10 Å². The molecule has 0 saturated carbocycles. The van der Waals surface area contributed by atoms with Crippen molar-refractivity contribution in [3.05, 3.63) is 29.8 Å². The fourth-order valence-electron chi connectivity index (χ4n) is 2.15. The number of rotatable bonds is 7. The first-order valence-electron chi connectivity index (χ1n) is 7.22. The highest BCUT2D eigenvalue weighted by Gasteiger charge is 2.16. The minimum Gasteiger partial charge on any atom is -0.349 e. The van der Waals surface area contributed by atoms with Gasteiger partial charge >= 0.3 is 0 Å². The Labute approximate surface area is 127 Å². The van der Waals surface area contributed by atoms with E-state index in [0.29, 0.717) is 17.8 Å². The fraction of sp³-hybridized carbons (Fsp3) is 0.533. The fourth-order valence-corrected chi connectivity index (χ4v) is 3.12. The van der Waals surface area contributed by atoms with Gasteiger partial charge in [-0.05, 0) is 44.0 Å². The van der Waals surface area contributed by atoms with E-state index in [1.54, 1.807) is 31.2 Å². The molecule has 0 unspecified atom stereocenters. The summed E-state index contributed by atoms with van der Waals surface area (Å²) in [5.41, 5.74) is 1.11. The molecule has 0 aromatic heterocycles. The number of carbonyl (C=O) groups excluding carboxylic acids is 1. The Bertz CT molecular complexity index is 563. The molecule has 0 aliphatic heterocycles. The molecule has 0 aliphatic carbocycles. The summed E-state index contributed by atoms with van der Waals surface area (Å²) in [5, 5.41) is 2.95. The van der Waals surface area contributed by atoms with Crippen LogP contribution >= 0.6 is 0 Å². The molecule has 0 radical (unpaired) electrons. The average molecular weight is 312 g/mol. The van der Waals surface area contributed by atoms with E-state index in [1.165, 1.54) is 10.6 Å². The maximum atomic E-state index is 12.1. The van der Waals surface area contributed by atoms with Gasteiger partial charge in [-0.25, -0.2) is 8.42 Å². The number of hydrogen-bond donors (Lipinski definition) is 1. The van der Waals surface area contributed by atoms with Gasteiger partial charge in [-0.2, -0.15) is 0 Å². The van der Waals surface area contributed by atoms with E-state index >= 15 is 0 Å². The Morgan fingerprint density at radius 2 is 1.67 bits per heavy atom. The number of anilines is 1. The predicted molar refractivity (Wildman–Crippen MR) is 86.1 cm³/mol. The minimum atomic E-state index is -3.30. The molecule has 0 bridgehead atoms. The molecule has 1 aromatic rings. The molecule has 6 heteroatoms. The Hall–Kier alpha value is -1.56. The summed E-state index contributed by atoms with van der Waals surface area (Å²) in [6, 6.07) is 6.79. The maximum Gasteiger partial charge on any atom is 0.251 e. The van der Waals surface area contributed by atoms with E-state index in [2.05, 4.69) is 5.32 Å². The topological polar surface area (TPSA) is 66.5 Å². The highest BCUT2D eigenvalue weighted by molar-refractivity contribution is 7.92. The van der Waals surface area contributed by atoms with Crippen LogP contribution in [-0.2, 0) is 10.0 Å². The molecular weight excluding hydrogens is 288 g/mol. The third-order valence-electron chi connectivity index (χ3n) is 3.43. The zero-order valence-electron chi connectivity index (χ0n) is 13.1. The first-order chi connectivity index (χ1) is 9.83. The zero-order valence-corrected chi connectivity index (χ0v) is 13.9. The van der Waals surface area contributed by atoms with Gasteiger partial charge in [0.25, 0.3) is 5.91 Å². The van der Waals surface area contributed by atoms with Crippen molar-refractivity contribution in [3.8, 4) is 0 Å². The van der Waals surface area contributed by atoms with Crippen LogP contribution in [-0.4, -0.2) is 33.2 Å². The quantitative estimate of drug-likeness (QED) is 0.840. The van der Waals surface area contributed by atoms with Crippen LogP contribution in [0.15, 0.2) is 24.3 Å². The zero-order chi connectivity index (χ0) is 16.0. The number of hydrogen-bond acceptors (Lipinski definition) is 3. The Balaban J connectivity index is 2.89. The van der Waals surface area contributed by atoms with E-state index in [1.807, 2.05) is 13.8 Å². The third kappa shape index (κ3) is 4.74. The Morgan fingerprint density at radius 1 is 1.14 bits per heavy atom. The van der Waals surface area contributed by atoms with Crippen molar-refractivity contribution in [3.63, 3.8) is 0 Å². The van der Waals surface area contributed by atoms with Crippen LogP contribution in [0, 0.1) is 0 Å². The summed E-state index contributed by atoms with van der Waals surface area (Å²) in [6.45, 7) is 6.19. The van der Waals surface area contributed by atoms with Crippen molar-refractivity contribution < 1.29 is 13.2 Å². The summed E-state index contributed by atoms with van der Waals surface area (Å²) >= 11 is 0. The van der Waals surface area contributed by atoms with Crippen LogP contribution in [0.3, 0.4) is 0 Å². The summed E-state index contributed by atoms with van der Waals surface area (Å²) in [4.78, 5) is 12.1. The molecule has 0 heterocycles. The van der Waals surface area contributed by atoms with E-state index in [0.717, 1.165) is 12.8 Å². The van der Waals surface area contributed by atoms with Crippen molar-refractivity contribution in [1.29, 1.82) is 0 Å². The predicted octanol–water partition coefficient (Wildman–Crippen LogP) is 2.39. The van der Waals surface area contributed by atoms with Crippen LogP contribution in [0.2, 0.25) is 0 Å². The van der Waals surface area contributed by atoms with Gasteiger partial charge in [-0.1, -0.05) is 13.8 Å². The second-order valence-electron chi connectivity index (χ2n) is 4.96. The lowest BCUT2D eigenvalue weighted by molar-refractivity contribution is 0.0935. The summed E-state index contributed by atoms with van der Waals surface area (Å²) in [5.74, 6) is -0.127. The minimum absolute atomic E-state index is 0.127.